The Morgan fingerprint density at radius 2 is 1.61 bits per heavy atom. The molecule has 0 fully saturated rings. The topological polar surface area (TPSA) is 65.1 Å². The van der Waals surface area contributed by atoms with Crippen molar-refractivity contribution in [3.63, 3.8) is 0 Å². The minimum Gasteiger partial charge on any atom is -0.464 e. The van der Waals surface area contributed by atoms with Gasteiger partial charge in [0.1, 0.15) is 18.4 Å². The van der Waals surface area contributed by atoms with Gasteiger partial charge in [0.25, 0.3) is 0 Å². The van der Waals surface area contributed by atoms with Gasteiger partial charge in [-0.3, -0.25) is 4.90 Å². The lowest BCUT2D eigenvalue weighted by molar-refractivity contribution is -0.153. The summed E-state index contributed by atoms with van der Waals surface area (Å²) in [7, 11) is 1.48. The number of esters is 1. The Morgan fingerprint density at radius 1 is 1.04 bits per heavy atom. The summed E-state index contributed by atoms with van der Waals surface area (Å²) < 4.78 is 15.8. The van der Waals surface area contributed by atoms with E-state index in [1.165, 1.54) is 12.0 Å². The fourth-order valence-electron chi connectivity index (χ4n) is 1.87. The number of nitrogens with zero attached hydrogens (tertiary/aromatic N) is 1. The molecule has 0 unspecified atom stereocenters. The van der Waals surface area contributed by atoms with Gasteiger partial charge in [-0.1, -0.05) is 27.7 Å². The van der Waals surface area contributed by atoms with Crippen LogP contribution in [0.2, 0.25) is 0 Å². The van der Waals surface area contributed by atoms with Gasteiger partial charge in [-0.2, -0.15) is 0 Å². The van der Waals surface area contributed by atoms with Crippen LogP contribution in [0.25, 0.3) is 0 Å². The Morgan fingerprint density at radius 3 is 2.00 bits per heavy atom. The molecule has 6 heteroatoms. The Balaban J connectivity index is 5.23. The van der Waals surface area contributed by atoms with Crippen LogP contribution in [0.3, 0.4) is 0 Å². The molecule has 0 N–H and O–H groups in total. The number of hydrogen-bond donors (Lipinski definition) is 0. The van der Waals surface area contributed by atoms with Crippen molar-refractivity contribution >= 4 is 12.1 Å². The normalized spacial score (nSPS) is 13.1. The number of amides is 1. The second kappa shape index (κ2) is 9.75. The summed E-state index contributed by atoms with van der Waals surface area (Å²) in [4.78, 5) is 26.2. The molecule has 1 atom stereocenters. The van der Waals surface area contributed by atoms with Crippen LogP contribution in [0.5, 0.6) is 0 Å². The zero-order valence-electron chi connectivity index (χ0n) is 15.8. The molecule has 0 aliphatic rings. The van der Waals surface area contributed by atoms with Gasteiger partial charge in [0.15, 0.2) is 0 Å². The standard InChI is InChI=1S/C17H33NO5/c1-12(2)9-14(15(19)22-10-13(3)4)18(11-21-8)16(20)23-17(5,6)7/h12-14H,9-11H2,1-8H3/t14-/m0/s1. The molecule has 0 spiro atoms. The summed E-state index contributed by atoms with van der Waals surface area (Å²) in [5, 5.41) is 0. The molecule has 0 aromatic carbocycles. The van der Waals surface area contributed by atoms with Crippen molar-refractivity contribution in [3.8, 4) is 0 Å². The third kappa shape index (κ3) is 9.43. The summed E-state index contributed by atoms with van der Waals surface area (Å²) >= 11 is 0. The largest absolute Gasteiger partial charge is 0.464 e. The highest BCUT2D eigenvalue weighted by atomic mass is 16.6. The average Bonchev–Trinajstić information content (AvgIpc) is 2.37. The van der Waals surface area contributed by atoms with Crippen LogP contribution in [-0.2, 0) is 19.0 Å². The number of rotatable bonds is 8. The molecule has 0 aromatic heterocycles. The molecule has 0 rings (SSSR count). The first-order chi connectivity index (χ1) is 10.5. The molecular formula is C17H33NO5. The molecule has 23 heavy (non-hydrogen) atoms. The molecule has 0 radical (unpaired) electrons. The molecule has 136 valence electrons. The second-order valence-electron chi connectivity index (χ2n) is 7.54. The SMILES string of the molecule is COCN(C(=O)OC(C)(C)C)[C@@H](CC(C)C)C(=O)OCC(C)C. The highest BCUT2D eigenvalue weighted by Crippen LogP contribution is 2.18. The Hall–Kier alpha value is -1.30. The van der Waals surface area contributed by atoms with Crippen LogP contribution in [0.4, 0.5) is 4.79 Å². The Kier molecular flexibility index (Phi) is 9.20. The van der Waals surface area contributed by atoms with Gasteiger partial charge >= 0.3 is 12.1 Å². The lowest BCUT2D eigenvalue weighted by Crippen LogP contribution is -2.49. The van der Waals surface area contributed by atoms with E-state index >= 15 is 0 Å². The molecule has 0 saturated heterocycles. The molecular weight excluding hydrogens is 298 g/mol. The highest BCUT2D eigenvalue weighted by molar-refractivity contribution is 5.81. The van der Waals surface area contributed by atoms with Crippen LogP contribution < -0.4 is 0 Å². The first-order valence-electron chi connectivity index (χ1n) is 8.13. The zero-order valence-corrected chi connectivity index (χ0v) is 15.8. The zero-order chi connectivity index (χ0) is 18.2. The molecule has 0 bridgehead atoms. The number of ether oxygens (including phenoxy) is 3. The van der Waals surface area contributed by atoms with Crippen molar-refractivity contribution in [2.24, 2.45) is 11.8 Å². The number of carbonyl (C=O) groups is 2. The van der Waals surface area contributed by atoms with E-state index in [0.29, 0.717) is 13.0 Å². The van der Waals surface area contributed by atoms with E-state index in [2.05, 4.69) is 0 Å². The van der Waals surface area contributed by atoms with Gasteiger partial charge in [0.05, 0.1) is 6.61 Å². The van der Waals surface area contributed by atoms with Crippen LogP contribution in [0, 0.1) is 11.8 Å². The van der Waals surface area contributed by atoms with Gasteiger partial charge in [-0.05, 0) is 39.0 Å². The quantitative estimate of drug-likeness (QED) is 0.503. The summed E-state index contributed by atoms with van der Waals surface area (Å²) in [5.41, 5.74) is -0.646. The minimum absolute atomic E-state index is 0.0247. The maximum atomic E-state index is 12.4. The van der Waals surface area contributed by atoms with Crippen molar-refractivity contribution in [1.82, 2.24) is 4.90 Å². The Labute approximate surface area is 140 Å². The third-order valence-electron chi connectivity index (χ3n) is 2.80. The molecule has 0 saturated carbocycles. The van der Waals surface area contributed by atoms with Crippen molar-refractivity contribution in [3.05, 3.63) is 0 Å². The van der Waals surface area contributed by atoms with E-state index in [9.17, 15) is 9.59 Å². The number of carbonyl (C=O) groups excluding carboxylic acids is 2. The van der Waals surface area contributed by atoms with Gasteiger partial charge in [-0.15, -0.1) is 0 Å². The molecule has 0 aliphatic heterocycles. The second-order valence-corrected chi connectivity index (χ2v) is 7.54. The van der Waals surface area contributed by atoms with Crippen molar-refractivity contribution in [2.45, 2.75) is 66.5 Å². The van der Waals surface area contributed by atoms with Crippen molar-refractivity contribution < 1.29 is 23.8 Å². The van der Waals surface area contributed by atoms with E-state index in [1.807, 2.05) is 27.7 Å². The van der Waals surface area contributed by atoms with Gasteiger partial charge in [-0.25, -0.2) is 9.59 Å². The van der Waals surface area contributed by atoms with Gasteiger partial charge in [0, 0.05) is 7.11 Å². The number of methoxy groups -OCH3 is 1. The van der Waals surface area contributed by atoms with Crippen LogP contribution in [0.1, 0.15) is 54.9 Å². The van der Waals surface area contributed by atoms with Crippen LogP contribution in [-0.4, -0.2) is 49.1 Å². The summed E-state index contributed by atoms with van der Waals surface area (Å²) in [6, 6.07) is -0.719. The summed E-state index contributed by atoms with van der Waals surface area (Å²) in [6.07, 6.45) is -0.0917. The van der Waals surface area contributed by atoms with Crippen molar-refractivity contribution in [2.75, 3.05) is 20.4 Å². The first-order valence-corrected chi connectivity index (χ1v) is 8.13. The van der Waals surface area contributed by atoms with E-state index in [-0.39, 0.29) is 18.6 Å². The average molecular weight is 331 g/mol. The van der Waals surface area contributed by atoms with Gasteiger partial charge < -0.3 is 14.2 Å². The molecule has 0 heterocycles. The number of hydrogen-bond acceptors (Lipinski definition) is 5. The molecule has 6 nitrogen and oxygen atoms in total. The lowest BCUT2D eigenvalue weighted by atomic mass is 10.0. The summed E-state index contributed by atoms with van der Waals surface area (Å²) in [5.74, 6) is 0.0275. The van der Waals surface area contributed by atoms with E-state index < -0.39 is 23.7 Å². The van der Waals surface area contributed by atoms with Crippen LogP contribution >= 0.6 is 0 Å². The molecule has 0 aliphatic carbocycles. The molecule has 0 aromatic rings. The van der Waals surface area contributed by atoms with E-state index in [0.717, 1.165) is 0 Å². The third-order valence-corrected chi connectivity index (χ3v) is 2.80. The van der Waals surface area contributed by atoms with E-state index in [1.54, 1.807) is 20.8 Å². The maximum Gasteiger partial charge on any atom is 0.412 e. The van der Waals surface area contributed by atoms with Gasteiger partial charge in [0.2, 0.25) is 0 Å². The monoisotopic (exact) mass is 331 g/mol. The predicted octanol–water partition coefficient (Wildman–Crippen LogP) is 3.44. The minimum atomic E-state index is -0.719. The first kappa shape index (κ1) is 21.7. The fraction of sp³-hybridized carbons (Fsp3) is 0.882. The maximum absolute atomic E-state index is 12.4. The Bertz CT molecular complexity index is 374. The van der Waals surface area contributed by atoms with Crippen molar-refractivity contribution in [1.29, 1.82) is 0 Å². The lowest BCUT2D eigenvalue weighted by Gasteiger charge is -2.32. The molecule has 1 amide bonds. The predicted molar refractivity (Wildman–Crippen MR) is 89.0 cm³/mol. The van der Waals surface area contributed by atoms with Crippen LogP contribution in [0.15, 0.2) is 0 Å². The van der Waals surface area contributed by atoms with E-state index in [4.69, 9.17) is 14.2 Å². The highest BCUT2D eigenvalue weighted by Gasteiger charge is 2.34. The summed E-state index contributed by atoms with van der Waals surface area (Å²) in [6.45, 7) is 13.5. The smallest absolute Gasteiger partial charge is 0.412 e. The fourth-order valence-corrected chi connectivity index (χ4v) is 1.87.